The fourth-order valence-corrected chi connectivity index (χ4v) is 0.896. The molecule has 0 aliphatic carbocycles. The minimum absolute atomic E-state index is 0.233. The van der Waals surface area contributed by atoms with E-state index in [0.717, 1.165) is 11.1 Å². The molecular weight excluding hydrogens is 166 g/mol. The fourth-order valence-electron chi connectivity index (χ4n) is 0.896. The van der Waals surface area contributed by atoms with E-state index in [-0.39, 0.29) is 5.96 Å². The van der Waals surface area contributed by atoms with Crippen molar-refractivity contribution < 1.29 is 0 Å². The molecule has 0 bridgehead atoms. The summed E-state index contributed by atoms with van der Waals surface area (Å²) in [6, 6.07) is 1.91. The van der Waals surface area contributed by atoms with Crippen molar-refractivity contribution in [1.29, 1.82) is 0 Å². The third-order valence-corrected chi connectivity index (χ3v) is 1.70. The molecule has 0 aromatic carbocycles. The van der Waals surface area contributed by atoms with Crippen LogP contribution >= 0.6 is 0 Å². The maximum Gasteiger partial charge on any atom is 0.203 e. The summed E-state index contributed by atoms with van der Waals surface area (Å²) in [6.45, 7) is 2.49. The number of guanidine groups is 1. The molecule has 0 aliphatic heterocycles. The second kappa shape index (κ2) is 4.42. The first kappa shape index (κ1) is 9.47. The van der Waals surface area contributed by atoms with Crippen LogP contribution in [0.15, 0.2) is 23.5 Å². The Morgan fingerprint density at radius 2 is 2.46 bits per heavy atom. The van der Waals surface area contributed by atoms with E-state index in [1.54, 1.807) is 12.4 Å². The van der Waals surface area contributed by atoms with Gasteiger partial charge in [0.1, 0.15) is 0 Å². The minimum Gasteiger partial charge on any atom is -0.369 e. The van der Waals surface area contributed by atoms with Crippen molar-refractivity contribution in [1.82, 2.24) is 10.4 Å². The number of nitrogens with two attached hydrogens (primary N) is 2. The zero-order valence-electron chi connectivity index (χ0n) is 7.49. The van der Waals surface area contributed by atoms with Gasteiger partial charge < -0.3 is 5.73 Å². The van der Waals surface area contributed by atoms with Crippen LogP contribution < -0.4 is 17.0 Å². The number of nitrogens with one attached hydrogen (secondary N) is 1. The highest BCUT2D eigenvalue weighted by molar-refractivity contribution is 5.77. The van der Waals surface area contributed by atoms with Gasteiger partial charge in [0.05, 0.1) is 6.54 Å². The Labute approximate surface area is 76.8 Å². The molecule has 1 rings (SSSR count). The van der Waals surface area contributed by atoms with E-state index in [2.05, 4.69) is 15.4 Å². The van der Waals surface area contributed by atoms with Gasteiger partial charge in [0, 0.05) is 12.4 Å². The Balaban J connectivity index is 2.70. The van der Waals surface area contributed by atoms with Crippen molar-refractivity contribution in [3.05, 3.63) is 29.6 Å². The van der Waals surface area contributed by atoms with Gasteiger partial charge in [-0.25, -0.2) is 10.8 Å². The highest BCUT2D eigenvalue weighted by atomic mass is 15.3. The minimum atomic E-state index is 0.233. The Hall–Kier alpha value is -1.62. The van der Waals surface area contributed by atoms with Crippen LogP contribution in [0.3, 0.4) is 0 Å². The maximum absolute atomic E-state index is 5.37. The van der Waals surface area contributed by atoms with E-state index >= 15 is 0 Å². The lowest BCUT2D eigenvalue weighted by Gasteiger charge is -2.01. The number of aliphatic imine (C=N–C) groups is 1. The molecule has 0 unspecified atom stereocenters. The summed E-state index contributed by atoms with van der Waals surface area (Å²) in [5, 5.41) is 0. The Morgan fingerprint density at radius 1 is 1.69 bits per heavy atom. The summed E-state index contributed by atoms with van der Waals surface area (Å²) >= 11 is 0. The number of hydrogen-bond donors (Lipinski definition) is 3. The number of pyridine rings is 1. The summed E-state index contributed by atoms with van der Waals surface area (Å²) in [6.07, 6.45) is 3.51. The lowest BCUT2D eigenvalue weighted by atomic mass is 10.2. The highest BCUT2D eigenvalue weighted by Gasteiger charge is 1.95. The first-order valence-corrected chi connectivity index (χ1v) is 3.90. The molecule has 5 N–H and O–H groups in total. The molecule has 0 radical (unpaired) electrons. The number of hydrogen-bond acceptors (Lipinski definition) is 3. The van der Waals surface area contributed by atoms with E-state index in [4.69, 9.17) is 11.6 Å². The predicted molar refractivity (Wildman–Crippen MR) is 51.6 cm³/mol. The van der Waals surface area contributed by atoms with Crippen LogP contribution in [0.5, 0.6) is 0 Å². The van der Waals surface area contributed by atoms with E-state index in [0.29, 0.717) is 6.54 Å². The zero-order chi connectivity index (χ0) is 9.68. The largest absolute Gasteiger partial charge is 0.369 e. The normalized spacial score (nSPS) is 11.4. The first-order chi connectivity index (χ1) is 6.24. The fraction of sp³-hybridized carbons (Fsp3) is 0.250. The molecular formula is C8H13N5. The highest BCUT2D eigenvalue weighted by Crippen LogP contribution is 2.05. The van der Waals surface area contributed by atoms with Crippen molar-refractivity contribution in [3.8, 4) is 0 Å². The standard InChI is InChI=1S/C8H13N5/c1-6-4-11-3-2-7(6)5-12-8(9)13-10/h2-4H,5,10H2,1H3,(H3,9,12,13). The van der Waals surface area contributed by atoms with Crippen molar-refractivity contribution in [3.63, 3.8) is 0 Å². The van der Waals surface area contributed by atoms with Crippen LogP contribution in [0.25, 0.3) is 0 Å². The third-order valence-electron chi connectivity index (χ3n) is 1.70. The van der Waals surface area contributed by atoms with Crippen LogP contribution in [-0.2, 0) is 6.54 Å². The molecule has 1 aromatic rings. The average Bonchev–Trinajstić information content (AvgIpc) is 2.16. The van der Waals surface area contributed by atoms with Gasteiger partial charge in [-0.05, 0) is 24.1 Å². The van der Waals surface area contributed by atoms with E-state index in [1.165, 1.54) is 0 Å². The van der Waals surface area contributed by atoms with Crippen LogP contribution in [0.1, 0.15) is 11.1 Å². The molecule has 0 spiro atoms. The lowest BCUT2D eigenvalue weighted by molar-refractivity contribution is 0.950. The van der Waals surface area contributed by atoms with Crippen LogP contribution in [-0.4, -0.2) is 10.9 Å². The summed E-state index contributed by atoms with van der Waals surface area (Å²) in [5.74, 6) is 5.29. The summed E-state index contributed by atoms with van der Waals surface area (Å²) in [7, 11) is 0. The number of hydrazine groups is 1. The maximum atomic E-state index is 5.37. The van der Waals surface area contributed by atoms with E-state index in [1.807, 2.05) is 13.0 Å². The summed E-state index contributed by atoms with van der Waals surface area (Å²) in [4.78, 5) is 7.98. The number of aryl methyl sites for hydroxylation is 1. The molecule has 5 nitrogen and oxygen atoms in total. The topological polar surface area (TPSA) is 89.3 Å². The SMILES string of the molecule is Cc1cnccc1CN=C(N)NN. The second-order valence-corrected chi connectivity index (χ2v) is 2.65. The van der Waals surface area contributed by atoms with Gasteiger partial charge in [-0.15, -0.1) is 0 Å². The monoisotopic (exact) mass is 179 g/mol. The van der Waals surface area contributed by atoms with Crippen molar-refractivity contribution >= 4 is 5.96 Å². The van der Waals surface area contributed by atoms with E-state index < -0.39 is 0 Å². The molecule has 70 valence electrons. The number of aromatic nitrogens is 1. The lowest BCUT2D eigenvalue weighted by Crippen LogP contribution is -2.37. The van der Waals surface area contributed by atoms with Crippen molar-refractivity contribution in [2.45, 2.75) is 13.5 Å². The van der Waals surface area contributed by atoms with Gasteiger partial charge in [-0.1, -0.05) is 0 Å². The molecule has 0 atom stereocenters. The van der Waals surface area contributed by atoms with Crippen molar-refractivity contribution in [2.75, 3.05) is 0 Å². The second-order valence-electron chi connectivity index (χ2n) is 2.65. The molecule has 1 heterocycles. The molecule has 0 saturated heterocycles. The summed E-state index contributed by atoms with van der Waals surface area (Å²) in [5.41, 5.74) is 9.82. The first-order valence-electron chi connectivity index (χ1n) is 3.90. The van der Waals surface area contributed by atoms with Crippen LogP contribution in [0.4, 0.5) is 0 Å². The smallest absolute Gasteiger partial charge is 0.203 e. The Kier molecular flexibility index (Phi) is 3.22. The van der Waals surface area contributed by atoms with Gasteiger partial charge in [0.2, 0.25) is 5.96 Å². The van der Waals surface area contributed by atoms with Crippen molar-refractivity contribution in [2.24, 2.45) is 16.6 Å². The Morgan fingerprint density at radius 3 is 3.08 bits per heavy atom. The Bertz CT molecular complexity index is 307. The molecule has 0 fully saturated rings. The quantitative estimate of drug-likeness (QED) is 0.251. The molecule has 13 heavy (non-hydrogen) atoms. The predicted octanol–water partition coefficient (Wildman–Crippen LogP) is -0.332. The van der Waals surface area contributed by atoms with Gasteiger partial charge in [0.25, 0.3) is 0 Å². The molecule has 1 aromatic heterocycles. The van der Waals surface area contributed by atoms with Crippen LogP contribution in [0, 0.1) is 6.92 Å². The van der Waals surface area contributed by atoms with Gasteiger partial charge >= 0.3 is 0 Å². The average molecular weight is 179 g/mol. The van der Waals surface area contributed by atoms with Gasteiger partial charge in [-0.3, -0.25) is 10.4 Å². The third kappa shape index (κ3) is 2.72. The van der Waals surface area contributed by atoms with Gasteiger partial charge in [-0.2, -0.15) is 0 Å². The molecule has 0 saturated carbocycles. The molecule has 5 heteroatoms. The number of nitrogens with zero attached hydrogens (tertiary/aromatic N) is 2. The molecule has 0 amide bonds. The van der Waals surface area contributed by atoms with E-state index in [9.17, 15) is 0 Å². The molecule has 0 aliphatic rings. The van der Waals surface area contributed by atoms with Gasteiger partial charge in [0.15, 0.2) is 0 Å². The number of rotatable bonds is 2. The zero-order valence-corrected chi connectivity index (χ0v) is 7.49. The summed E-state index contributed by atoms with van der Waals surface area (Å²) < 4.78 is 0. The van der Waals surface area contributed by atoms with Crippen LogP contribution in [0.2, 0.25) is 0 Å².